The minimum absolute atomic E-state index is 0.184. The van der Waals surface area contributed by atoms with E-state index < -0.39 is 0 Å². The monoisotopic (exact) mass is 271 g/mol. The fraction of sp³-hybridized carbons (Fsp3) is 0.154. The molecule has 7 heteroatoms. The zero-order valence-electron chi connectivity index (χ0n) is 10.8. The second-order valence-corrected chi connectivity index (χ2v) is 4.44. The number of fused-ring (bicyclic) bond motifs is 1. The molecule has 102 valence electrons. The second-order valence-electron chi connectivity index (χ2n) is 4.44. The number of rotatable bonds is 3. The number of nitrogens with one attached hydrogen (secondary N) is 2. The van der Waals surface area contributed by atoms with E-state index in [9.17, 15) is 9.90 Å². The molecule has 1 aromatic carbocycles. The van der Waals surface area contributed by atoms with Crippen LogP contribution in [0.5, 0.6) is 5.75 Å². The van der Waals surface area contributed by atoms with Gasteiger partial charge in [0, 0.05) is 17.4 Å². The lowest BCUT2D eigenvalue weighted by Gasteiger charge is -2.03. The molecule has 0 aliphatic heterocycles. The first kappa shape index (κ1) is 12.2. The maximum atomic E-state index is 11.7. The lowest BCUT2D eigenvalue weighted by Crippen LogP contribution is -2.14. The highest BCUT2D eigenvalue weighted by molar-refractivity contribution is 5.46. The summed E-state index contributed by atoms with van der Waals surface area (Å²) >= 11 is 0. The van der Waals surface area contributed by atoms with Crippen molar-refractivity contribution in [3.05, 3.63) is 52.2 Å². The molecule has 0 aliphatic carbocycles. The largest absolute Gasteiger partial charge is 0.508 e. The Morgan fingerprint density at radius 2 is 2.05 bits per heavy atom. The number of aromatic amines is 1. The van der Waals surface area contributed by atoms with Crippen LogP contribution in [0.1, 0.15) is 11.5 Å². The van der Waals surface area contributed by atoms with Crippen molar-refractivity contribution in [2.75, 3.05) is 5.32 Å². The summed E-state index contributed by atoms with van der Waals surface area (Å²) in [6.07, 6.45) is 0. The average molecular weight is 271 g/mol. The molecular formula is C13H13N5O2. The van der Waals surface area contributed by atoms with Crippen LogP contribution < -0.4 is 10.9 Å². The van der Waals surface area contributed by atoms with Crippen LogP contribution in [0, 0.1) is 6.92 Å². The first-order valence-corrected chi connectivity index (χ1v) is 6.10. The molecule has 0 saturated carbocycles. The van der Waals surface area contributed by atoms with E-state index in [4.69, 9.17) is 0 Å². The number of H-pyrrole nitrogens is 1. The molecular weight excluding hydrogens is 258 g/mol. The molecule has 0 bridgehead atoms. The summed E-state index contributed by atoms with van der Waals surface area (Å²) in [7, 11) is 0. The smallest absolute Gasteiger partial charge is 0.274 e. The fourth-order valence-corrected chi connectivity index (χ4v) is 1.88. The Kier molecular flexibility index (Phi) is 2.86. The first-order valence-electron chi connectivity index (χ1n) is 6.10. The van der Waals surface area contributed by atoms with Crippen LogP contribution in [0.25, 0.3) is 5.78 Å². The summed E-state index contributed by atoms with van der Waals surface area (Å²) in [5, 5.41) is 15.2. The van der Waals surface area contributed by atoms with Gasteiger partial charge in [-0.15, -0.1) is 0 Å². The van der Waals surface area contributed by atoms with Crippen molar-refractivity contribution in [2.45, 2.75) is 13.5 Å². The quantitative estimate of drug-likeness (QED) is 0.619. The molecule has 7 nitrogen and oxygen atoms in total. The van der Waals surface area contributed by atoms with Crippen molar-refractivity contribution >= 4 is 11.5 Å². The molecule has 0 radical (unpaired) electrons. The topological polar surface area (TPSA) is 95.3 Å². The zero-order chi connectivity index (χ0) is 14.1. The molecule has 0 amide bonds. The predicted octanol–water partition coefficient (Wildman–Crippen LogP) is 1.04. The maximum absolute atomic E-state index is 11.7. The Balaban J connectivity index is 1.83. The molecule has 3 N–H and O–H groups in total. The third kappa shape index (κ3) is 2.33. The highest BCUT2D eigenvalue weighted by Crippen LogP contribution is 2.14. The van der Waals surface area contributed by atoms with Gasteiger partial charge in [0.2, 0.25) is 0 Å². The molecule has 3 rings (SSSR count). The molecule has 3 aromatic rings. The summed E-state index contributed by atoms with van der Waals surface area (Å²) in [6, 6.07) is 8.15. The van der Waals surface area contributed by atoms with E-state index in [1.165, 1.54) is 10.6 Å². The Morgan fingerprint density at radius 1 is 1.30 bits per heavy atom. The molecule has 0 atom stereocenters. The van der Waals surface area contributed by atoms with Crippen LogP contribution >= 0.6 is 0 Å². The van der Waals surface area contributed by atoms with Crippen LogP contribution in [0.15, 0.2) is 35.1 Å². The number of nitrogens with zero attached hydrogens (tertiary/aromatic N) is 3. The summed E-state index contributed by atoms with van der Waals surface area (Å²) < 4.78 is 1.31. The van der Waals surface area contributed by atoms with Gasteiger partial charge in [-0.05, 0) is 31.2 Å². The lowest BCUT2D eigenvalue weighted by molar-refractivity contribution is 0.475. The second kappa shape index (κ2) is 4.69. The van der Waals surface area contributed by atoms with Gasteiger partial charge in [0.25, 0.3) is 11.3 Å². The standard InChI is InChI=1S/C13H13N5O2/c1-8-6-12(20)18-13(15-8)16-11(17-18)7-14-9-2-4-10(19)5-3-9/h2-6,14,19H,7H2,1H3,(H,15,16,17). The van der Waals surface area contributed by atoms with Crippen molar-refractivity contribution < 1.29 is 5.11 Å². The summed E-state index contributed by atoms with van der Waals surface area (Å²) in [5.41, 5.74) is 1.30. The fourth-order valence-electron chi connectivity index (χ4n) is 1.88. The van der Waals surface area contributed by atoms with Gasteiger partial charge in [0.15, 0.2) is 0 Å². The van der Waals surface area contributed by atoms with Crippen molar-refractivity contribution in [1.82, 2.24) is 19.6 Å². The predicted molar refractivity (Wildman–Crippen MR) is 73.8 cm³/mol. The van der Waals surface area contributed by atoms with E-state index in [1.54, 1.807) is 31.2 Å². The van der Waals surface area contributed by atoms with Crippen LogP contribution in [-0.4, -0.2) is 24.7 Å². The number of aromatic nitrogens is 4. The van der Waals surface area contributed by atoms with Crippen molar-refractivity contribution in [1.29, 1.82) is 0 Å². The van der Waals surface area contributed by atoms with E-state index >= 15 is 0 Å². The number of phenolic OH excluding ortho intramolecular Hbond substituents is 1. The number of hydrogen-bond donors (Lipinski definition) is 3. The molecule has 2 heterocycles. The average Bonchev–Trinajstić information content (AvgIpc) is 2.81. The lowest BCUT2D eigenvalue weighted by atomic mass is 10.3. The van der Waals surface area contributed by atoms with E-state index in [0.29, 0.717) is 23.8 Å². The summed E-state index contributed by atoms with van der Waals surface area (Å²) in [6.45, 7) is 2.18. The van der Waals surface area contributed by atoms with Gasteiger partial charge in [-0.2, -0.15) is 9.50 Å². The van der Waals surface area contributed by atoms with Crippen LogP contribution in [-0.2, 0) is 6.54 Å². The Bertz CT molecular complexity index is 804. The van der Waals surface area contributed by atoms with Crippen LogP contribution in [0.4, 0.5) is 5.69 Å². The zero-order valence-corrected chi connectivity index (χ0v) is 10.8. The number of hydrogen-bond acceptors (Lipinski definition) is 5. The van der Waals surface area contributed by atoms with Gasteiger partial charge >= 0.3 is 0 Å². The Morgan fingerprint density at radius 3 is 2.80 bits per heavy atom. The molecule has 0 unspecified atom stereocenters. The molecule has 0 aliphatic rings. The molecule has 0 saturated heterocycles. The van der Waals surface area contributed by atoms with Gasteiger partial charge in [-0.25, -0.2) is 4.98 Å². The van der Waals surface area contributed by atoms with E-state index in [-0.39, 0.29) is 11.3 Å². The number of anilines is 1. The van der Waals surface area contributed by atoms with Gasteiger partial charge in [-0.3, -0.25) is 9.89 Å². The van der Waals surface area contributed by atoms with Crippen molar-refractivity contribution in [2.24, 2.45) is 0 Å². The number of benzene rings is 1. The van der Waals surface area contributed by atoms with Gasteiger partial charge in [0.05, 0.1) is 6.54 Å². The van der Waals surface area contributed by atoms with Gasteiger partial charge in [0.1, 0.15) is 11.6 Å². The third-order valence-electron chi connectivity index (χ3n) is 2.83. The van der Waals surface area contributed by atoms with Crippen molar-refractivity contribution in [3.8, 4) is 5.75 Å². The SMILES string of the molecule is Cc1cc(=O)n2[nH]c(CNc3ccc(O)cc3)nc2n1. The highest BCUT2D eigenvalue weighted by atomic mass is 16.3. The summed E-state index contributed by atoms with van der Waals surface area (Å²) in [5.74, 6) is 1.18. The van der Waals surface area contributed by atoms with E-state index in [2.05, 4.69) is 20.4 Å². The number of aromatic hydroxyl groups is 1. The Hall–Kier alpha value is -2.83. The first-order chi connectivity index (χ1) is 9.61. The molecule has 2 aromatic heterocycles. The summed E-state index contributed by atoms with van der Waals surface area (Å²) in [4.78, 5) is 20.2. The molecule has 0 fully saturated rings. The molecule has 20 heavy (non-hydrogen) atoms. The minimum Gasteiger partial charge on any atom is -0.508 e. The number of aryl methyl sites for hydroxylation is 1. The van der Waals surface area contributed by atoms with Crippen LogP contribution in [0.3, 0.4) is 0 Å². The van der Waals surface area contributed by atoms with E-state index in [0.717, 1.165) is 5.69 Å². The highest BCUT2D eigenvalue weighted by Gasteiger charge is 2.06. The van der Waals surface area contributed by atoms with E-state index in [1.807, 2.05) is 0 Å². The van der Waals surface area contributed by atoms with Crippen LogP contribution in [0.2, 0.25) is 0 Å². The third-order valence-corrected chi connectivity index (χ3v) is 2.83. The van der Waals surface area contributed by atoms with Crippen molar-refractivity contribution in [3.63, 3.8) is 0 Å². The van der Waals surface area contributed by atoms with Gasteiger partial charge in [-0.1, -0.05) is 0 Å². The minimum atomic E-state index is -0.184. The Labute approximate surface area is 113 Å². The number of phenols is 1. The maximum Gasteiger partial charge on any atom is 0.274 e. The van der Waals surface area contributed by atoms with Gasteiger partial charge < -0.3 is 10.4 Å². The molecule has 0 spiro atoms. The normalized spacial score (nSPS) is 10.8.